The summed E-state index contributed by atoms with van der Waals surface area (Å²) in [5.74, 6) is -0.125. The van der Waals surface area contributed by atoms with Gasteiger partial charge in [-0.1, -0.05) is 125 Å². The summed E-state index contributed by atoms with van der Waals surface area (Å²) in [7, 11) is -2.01. The zero-order chi connectivity index (χ0) is 29.1. The highest BCUT2D eigenvalue weighted by atomic mass is 28.4. The summed E-state index contributed by atoms with van der Waals surface area (Å²) >= 11 is 0. The average Bonchev–Trinajstić information content (AvgIpc) is 2.92. The number of carbonyl (C=O) groups is 1. The van der Waals surface area contributed by atoms with Gasteiger partial charge in [-0.3, -0.25) is 4.79 Å². The van der Waals surface area contributed by atoms with Crippen molar-refractivity contribution in [2.45, 2.75) is 70.5 Å². The minimum absolute atomic E-state index is 0.0215. The normalized spacial score (nSPS) is 19.3. The molecular formula is C35H45NO3Si. The molecule has 4 atom stereocenters. The monoisotopic (exact) mass is 555 g/mol. The van der Waals surface area contributed by atoms with Crippen LogP contribution in [0.1, 0.15) is 51.3 Å². The van der Waals surface area contributed by atoms with Crippen LogP contribution in [0, 0.1) is 11.8 Å². The van der Waals surface area contributed by atoms with Crippen LogP contribution in [0.15, 0.2) is 103 Å². The van der Waals surface area contributed by atoms with E-state index in [9.17, 15) is 4.79 Å². The first-order valence-electron chi connectivity index (χ1n) is 14.3. The standard InChI is InChI=1S/C35H45NO3Si/c1-25(26(2)32-31(33(37)36-32)27(3)39-40(7,8)34(4,5)6)24-38-35(28-18-12-9-13-19-28,29-20-14-10-15-21-29)30-22-16-11-17-23-30/h9-23,26-27,31-32H,1,24H2,2-8H3,(H,36,37)/t26-,27+,31+,32+/m0/s1. The van der Waals surface area contributed by atoms with Crippen LogP contribution in [-0.4, -0.2) is 33.0 Å². The second-order valence-electron chi connectivity index (χ2n) is 12.7. The molecule has 5 heteroatoms. The van der Waals surface area contributed by atoms with E-state index in [1.165, 1.54) is 0 Å². The van der Waals surface area contributed by atoms with E-state index in [0.29, 0.717) is 6.61 Å². The Balaban J connectivity index is 1.59. The predicted octanol–water partition coefficient (Wildman–Crippen LogP) is 7.71. The van der Waals surface area contributed by atoms with Crippen LogP contribution in [-0.2, 0) is 19.6 Å². The Labute approximate surface area is 241 Å². The Bertz CT molecular complexity index is 1190. The van der Waals surface area contributed by atoms with Gasteiger partial charge in [0.15, 0.2) is 8.32 Å². The Morgan fingerprint density at radius 2 is 1.27 bits per heavy atom. The van der Waals surface area contributed by atoms with Gasteiger partial charge in [0.05, 0.1) is 18.6 Å². The molecule has 40 heavy (non-hydrogen) atoms. The van der Waals surface area contributed by atoms with Crippen LogP contribution >= 0.6 is 0 Å². The largest absolute Gasteiger partial charge is 0.413 e. The Morgan fingerprint density at radius 1 is 0.850 bits per heavy atom. The highest BCUT2D eigenvalue weighted by Gasteiger charge is 2.49. The lowest BCUT2D eigenvalue weighted by atomic mass is 9.76. The first kappa shape index (κ1) is 30.0. The van der Waals surface area contributed by atoms with Crippen LogP contribution in [0.2, 0.25) is 18.1 Å². The fraction of sp³-hybridized carbons (Fsp3) is 0.400. The van der Waals surface area contributed by atoms with Gasteiger partial charge < -0.3 is 14.5 Å². The number of rotatable bonds is 11. The molecule has 212 valence electrons. The highest BCUT2D eigenvalue weighted by Crippen LogP contribution is 2.42. The fourth-order valence-electron chi connectivity index (χ4n) is 5.43. The number of β-lactam (4-membered cyclic amide) rings is 1. The second-order valence-corrected chi connectivity index (χ2v) is 17.4. The fourth-order valence-corrected chi connectivity index (χ4v) is 6.86. The molecule has 0 radical (unpaired) electrons. The second kappa shape index (κ2) is 11.9. The van der Waals surface area contributed by atoms with Crippen molar-refractivity contribution >= 4 is 14.2 Å². The molecule has 0 saturated carbocycles. The summed E-state index contributed by atoms with van der Waals surface area (Å²) < 4.78 is 13.6. The number of hydrogen-bond donors (Lipinski definition) is 1. The van der Waals surface area contributed by atoms with Crippen LogP contribution in [0.25, 0.3) is 0 Å². The molecule has 1 aliphatic heterocycles. The Hall–Kier alpha value is -2.99. The quantitative estimate of drug-likeness (QED) is 0.114. The van der Waals surface area contributed by atoms with Gasteiger partial charge in [-0.2, -0.15) is 0 Å². The molecule has 1 N–H and O–H groups in total. The number of benzene rings is 3. The minimum Gasteiger partial charge on any atom is -0.413 e. The van der Waals surface area contributed by atoms with Crippen molar-refractivity contribution in [2.24, 2.45) is 11.8 Å². The van der Waals surface area contributed by atoms with Crippen molar-refractivity contribution in [3.63, 3.8) is 0 Å². The third kappa shape index (κ3) is 5.88. The van der Waals surface area contributed by atoms with E-state index in [2.05, 4.69) is 125 Å². The molecule has 0 aliphatic carbocycles. The first-order valence-corrected chi connectivity index (χ1v) is 17.3. The Morgan fingerprint density at radius 3 is 1.65 bits per heavy atom. The first-order chi connectivity index (χ1) is 18.9. The van der Waals surface area contributed by atoms with Gasteiger partial charge in [0.25, 0.3) is 0 Å². The van der Waals surface area contributed by atoms with Crippen molar-refractivity contribution in [1.29, 1.82) is 0 Å². The van der Waals surface area contributed by atoms with Gasteiger partial charge in [-0.15, -0.1) is 0 Å². The zero-order valence-corrected chi connectivity index (χ0v) is 26.1. The summed E-state index contributed by atoms with van der Waals surface area (Å²) in [6.07, 6.45) is -0.159. The molecular weight excluding hydrogens is 510 g/mol. The maximum Gasteiger partial charge on any atom is 0.228 e. The third-order valence-corrected chi connectivity index (χ3v) is 13.6. The molecule has 0 bridgehead atoms. The number of carbonyl (C=O) groups excluding carboxylic acids is 1. The third-order valence-electron chi connectivity index (χ3n) is 8.99. The molecule has 0 unspecified atom stereocenters. The predicted molar refractivity (Wildman–Crippen MR) is 167 cm³/mol. The smallest absolute Gasteiger partial charge is 0.228 e. The summed E-state index contributed by atoms with van der Waals surface area (Å²) in [5.41, 5.74) is 3.30. The van der Waals surface area contributed by atoms with E-state index in [0.717, 1.165) is 22.3 Å². The molecule has 0 aromatic heterocycles. The van der Waals surface area contributed by atoms with Crippen molar-refractivity contribution in [2.75, 3.05) is 6.61 Å². The zero-order valence-electron chi connectivity index (χ0n) is 25.1. The van der Waals surface area contributed by atoms with E-state index in [1.807, 2.05) is 25.1 Å². The van der Waals surface area contributed by atoms with Crippen molar-refractivity contribution in [3.05, 3.63) is 120 Å². The Kier molecular flexibility index (Phi) is 8.89. The molecule has 4 nitrogen and oxygen atoms in total. The molecule has 1 amide bonds. The highest BCUT2D eigenvalue weighted by molar-refractivity contribution is 6.74. The summed E-state index contributed by atoms with van der Waals surface area (Å²) in [6.45, 7) is 20.2. The summed E-state index contributed by atoms with van der Waals surface area (Å²) in [5, 5.41) is 3.23. The van der Waals surface area contributed by atoms with Crippen LogP contribution < -0.4 is 5.32 Å². The summed E-state index contributed by atoms with van der Waals surface area (Å²) in [4.78, 5) is 12.8. The molecule has 4 rings (SSSR count). The molecule has 0 spiro atoms. The van der Waals surface area contributed by atoms with Gasteiger partial charge in [0.2, 0.25) is 5.91 Å². The van der Waals surface area contributed by atoms with E-state index in [4.69, 9.17) is 9.16 Å². The van der Waals surface area contributed by atoms with Crippen molar-refractivity contribution < 1.29 is 14.0 Å². The van der Waals surface area contributed by atoms with Gasteiger partial charge >= 0.3 is 0 Å². The number of amides is 1. The van der Waals surface area contributed by atoms with Crippen LogP contribution in [0.3, 0.4) is 0 Å². The number of nitrogens with one attached hydrogen (secondary N) is 1. The van der Waals surface area contributed by atoms with Crippen LogP contribution in [0.4, 0.5) is 0 Å². The van der Waals surface area contributed by atoms with E-state index < -0.39 is 13.9 Å². The molecule has 1 saturated heterocycles. The molecule has 1 fully saturated rings. The van der Waals surface area contributed by atoms with Crippen molar-refractivity contribution in [3.8, 4) is 0 Å². The summed E-state index contributed by atoms with van der Waals surface area (Å²) in [6, 6.07) is 31.1. The van der Waals surface area contributed by atoms with Gasteiger partial charge in [0, 0.05) is 12.0 Å². The van der Waals surface area contributed by atoms with E-state index >= 15 is 0 Å². The number of hydrogen-bond acceptors (Lipinski definition) is 3. The van der Waals surface area contributed by atoms with Gasteiger partial charge in [-0.05, 0) is 47.3 Å². The molecule has 1 aliphatic rings. The lowest BCUT2D eigenvalue weighted by Crippen LogP contribution is -2.66. The van der Waals surface area contributed by atoms with Crippen LogP contribution in [0.5, 0.6) is 0 Å². The molecule has 1 heterocycles. The van der Waals surface area contributed by atoms with Crippen molar-refractivity contribution in [1.82, 2.24) is 5.32 Å². The lowest BCUT2D eigenvalue weighted by molar-refractivity contribution is -0.141. The SMILES string of the molecule is C=C(COC(c1ccccc1)(c1ccccc1)c1ccccc1)[C@H](C)[C@H]1NC(=O)[C@@H]1[C@@H](C)O[Si](C)(C)C(C)(C)C. The molecule has 3 aromatic rings. The van der Waals surface area contributed by atoms with E-state index in [1.54, 1.807) is 0 Å². The number of ether oxygens (including phenoxy) is 1. The van der Waals surface area contributed by atoms with Gasteiger partial charge in [0.1, 0.15) is 5.60 Å². The minimum atomic E-state index is -2.01. The topological polar surface area (TPSA) is 47.6 Å². The maximum atomic E-state index is 12.8. The average molecular weight is 556 g/mol. The van der Waals surface area contributed by atoms with E-state index in [-0.39, 0.29) is 34.9 Å². The maximum absolute atomic E-state index is 12.8. The van der Waals surface area contributed by atoms with Gasteiger partial charge in [-0.25, -0.2) is 0 Å². The molecule has 3 aromatic carbocycles. The lowest BCUT2D eigenvalue weighted by Gasteiger charge is -2.47.